The number of morpholine rings is 1. The molecule has 0 spiro atoms. The zero-order valence-electron chi connectivity index (χ0n) is 11.4. The fourth-order valence-electron chi connectivity index (χ4n) is 2.32. The van der Waals surface area contributed by atoms with E-state index in [1.165, 1.54) is 0 Å². The molecule has 1 atom stereocenters. The summed E-state index contributed by atoms with van der Waals surface area (Å²) in [6.45, 7) is 5.13. The summed E-state index contributed by atoms with van der Waals surface area (Å²) < 4.78 is 5.78. The number of aromatic nitrogens is 4. The summed E-state index contributed by atoms with van der Waals surface area (Å²) in [7, 11) is 0. The Balaban J connectivity index is 1.66. The average molecular weight is 271 g/mol. The molecule has 3 heterocycles. The lowest BCUT2D eigenvalue weighted by molar-refractivity contribution is -0.0355. The van der Waals surface area contributed by atoms with Crippen LogP contribution in [0, 0.1) is 6.92 Å². The highest BCUT2D eigenvalue weighted by Gasteiger charge is 2.23. The Bertz CT molecular complexity index is 563. The van der Waals surface area contributed by atoms with Crippen molar-refractivity contribution >= 4 is 0 Å². The van der Waals surface area contributed by atoms with Crippen LogP contribution in [-0.4, -0.2) is 44.5 Å². The van der Waals surface area contributed by atoms with Gasteiger partial charge in [-0.05, 0) is 13.0 Å². The van der Waals surface area contributed by atoms with Crippen LogP contribution in [0.4, 0.5) is 0 Å². The maximum Gasteiger partial charge on any atom is 0.125 e. The van der Waals surface area contributed by atoms with Gasteiger partial charge in [-0.1, -0.05) is 0 Å². The van der Waals surface area contributed by atoms with Crippen LogP contribution in [0.3, 0.4) is 0 Å². The van der Waals surface area contributed by atoms with Crippen molar-refractivity contribution in [3.05, 3.63) is 48.1 Å². The number of nitrogens with zero attached hydrogens (tertiary/aromatic N) is 5. The third-order valence-corrected chi connectivity index (χ3v) is 3.28. The summed E-state index contributed by atoms with van der Waals surface area (Å²) in [6.07, 6.45) is 6.93. The van der Waals surface area contributed by atoms with E-state index in [0.717, 1.165) is 36.8 Å². The Labute approximate surface area is 117 Å². The molecule has 0 radical (unpaired) electrons. The SMILES string of the molecule is Cc1nccc(CN2CCO[C@H](c3cnccn3)C2)n1. The van der Waals surface area contributed by atoms with Crippen molar-refractivity contribution in [1.82, 2.24) is 24.8 Å². The molecule has 1 saturated heterocycles. The van der Waals surface area contributed by atoms with Gasteiger partial charge in [0.15, 0.2) is 0 Å². The second kappa shape index (κ2) is 6.02. The van der Waals surface area contributed by atoms with Gasteiger partial charge in [-0.2, -0.15) is 0 Å². The first-order chi connectivity index (χ1) is 9.81. The number of hydrogen-bond acceptors (Lipinski definition) is 6. The van der Waals surface area contributed by atoms with Crippen LogP contribution in [0.2, 0.25) is 0 Å². The first kappa shape index (κ1) is 13.1. The molecule has 1 fully saturated rings. The van der Waals surface area contributed by atoms with Gasteiger partial charge in [0.05, 0.1) is 24.2 Å². The molecule has 0 N–H and O–H groups in total. The fraction of sp³-hybridized carbons (Fsp3) is 0.429. The molecule has 104 valence electrons. The van der Waals surface area contributed by atoms with Crippen LogP contribution in [0.15, 0.2) is 30.9 Å². The maximum absolute atomic E-state index is 5.78. The van der Waals surface area contributed by atoms with Crippen LogP contribution < -0.4 is 0 Å². The first-order valence-electron chi connectivity index (χ1n) is 6.69. The van der Waals surface area contributed by atoms with Crippen molar-refractivity contribution in [1.29, 1.82) is 0 Å². The number of aryl methyl sites for hydroxylation is 1. The van der Waals surface area contributed by atoms with E-state index in [4.69, 9.17) is 4.74 Å². The van der Waals surface area contributed by atoms with Crippen molar-refractivity contribution in [2.75, 3.05) is 19.7 Å². The molecule has 0 aliphatic carbocycles. The van der Waals surface area contributed by atoms with Crippen LogP contribution in [0.1, 0.15) is 23.3 Å². The normalized spacial score (nSPS) is 19.9. The lowest BCUT2D eigenvalue weighted by atomic mass is 10.2. The molecule has 1 aliphatic rings. The highest BCUT2D eigenvalue weighted by atomic mass is 16.5. The van der Waals surface area contributed by atoms with Gasteiger partial charge < -0.3 is 4.74 Å². The predicted octanol–water partition coefficient (Wildman–Crippen LogP) is 1.15. The topological polar surface area (TPSA) is 64.0 Å². The number of ether oxygens (including phenoxy) is 1. The molecule has 0 unspecified atom stereocenters. The van der Waals surface area contributed by atoms with Gasteiger partial charge in [-0.3, -0.25) is 14.9 Å². The zero-order valence-corrected chi connectivity index (χ0v) is 11.4. The minimum atomic E-state index is -0.0135. The lowest BCUT2D eigenvalue weighted by Gasteiger charge is -2.32. The van der Waals surface area contributed by atoms with E-state index in [9.17, 15) is 0 Å². The summed E-state index contributed by atoms with van der Waals surface area (Å²) in [4.78, 5) is 19.3. The fourth-order valence-corrected chi connectivity index (χ4v) is 2.32. The van der Waals surface area contributed by atoms with Gasteiger partial charge >= 0.3 is 0 Å². The van der Waals surface area contributed by atoms with Crippen molar-refractivity contribution in [3.8, 4) is 0 Å². The highest BCUT2D eigenvalue weighted by molar-refractivity contribution is 5.04. The average Bonchev–Trinajstić information content (AvgIpc) is 2.48. The monoisotopic (exact) mass is 271 g/mol. The molecule has 6 heteroatoms. The molecular weight excluding hydrogens is 254 g/mol. The summed E-state index contributed by atoms with van der Waals surface area (Å²) in [5.74, 6) is 0.807. The molecule has 3 rings (SSSR count). The summed E-state index contributed by atoms with van der Waals surface area (Å²) >= 11 is 0. The quantitative estimate of drug-likeness (QED) is 0.834. The summed E-state index contributed by atoms with van der Waals surface area (Å²) in [6, 6.07) is 1.96. The Morgan fingerprint density at radius 1 is 1.30 bits per heavy atom. The highest BCUT2D eigenvalue weighted by Crippen LogP contribution is 2.20. The van der Waals surface area contributed by atoms with Crippen molar-refractivity contribution in [3.63, 3.8) is 0 Å². The van der Waals surface area contributed by atoms with E-state index in [1.54, 1.807) is 24.8 Å². The van der Waals surface area contributed by atoms with Crippen molar-refractivity contribution in [2.45, 2.75) is 19.6 Å². The van der Waals surface area contributed by atoms with Crippen LogP contribution >= 0.6 is 0 Å². The molecule has 0 aromatic carbocycles. The van der Waals surface area contributed by atoms with Crippen molar-refractivity contribution in [2.24, 2.45) is 0 Å². The number of rotatable bonds is 3. The minimum Gasteiger partial charge on any atom is -0.369 e. The molecule has 1 aliphatic heterocycles. The Kier molecular flexibility index (Phi) is 3.94. The van der Waals surface area contributed by atoms with E-state index < -0.39 is 0 Å². The summed E-state index contributed by atoms with van der Waals surface area (Å²) in [5, 5.41) is 0. The minimum absolute atomic E-state index is 0.0135. The zero-order chi connectivity index (χ0) is 13.8. The van der Waals surface area contributed by atoms with Gasteiger partial charge in [0.2, 0.25) is 0 Å². The largest absolute Gasteiger partial charge is 0.369 e. The molecule has 20 heavy (non-hydrogen) atoms. The lowest BCUT2D eigenvalue weighted by Crippen LogP contribution is -2.38. The molecule has 0 saturated carbocycles. The van der Waals surface area contributed by atoms with Gasteiger partial charge in [-0.15, -0.1) is 0 Å². The third kappa shape index (κ3) is 3.15. The van der Waals surface area contributed by atoms with E-state index in [1.807, 2.05) is 13.0 Å². The van der Waals surface area contributed by atoms with Gasteiger partial charge in [0.25, 0.3) is 0 Å². The second-order valence-electron chi connectivity index (χ2n) is 4.82. The van der Waals surface area contributed by atoms with E-state index >= 15 is 0 Å². The van der Waals surface area contributed by atoms with E-state index in [-0.39, 0.29) is 6.10 Å². The Morgan fingerprint density at radius 3 is 3.05 bits per heavy atom. The molecule has 6 nitrogen and oxygen atoms in total. The van der Waals surface area contributed by atoms with Crippen molar-refractivity contribution < 1.29 is 4.74 Å². The van der Waals surface area contributed by atoms with E-state index in [0.29, 0.717) is 6.61 Å². The molecule has 0 bridgehead atoms. The molecular formula is C14H17N5O. The number of hydrogen-bond donors (Lipinski definition) is 0. The van der Waals surface area contributed by atoms with Crippen LogP contribution in [0.25, 0.3) is 0 Å². The van der Waals surface area contributed by atoms with Crippen LogP contribution in [0.5, 0.6) is 0 Å². The molecule has 0 amide bonds. The van der Waals surface area contributed by atoms with Gasteiger partial charge in [0.1, 0.15) is 11.9 Å². The predicted molar refractivity (Wildman–Crippen MR) is 72.8 cm³/mol. The second-order valence-corrected chi connectivity index (χ2v) is 4.82. The van der Waals surface area contributed by atoms with Gasteiger partial charge in [-0.25, -0.2) is 9.97 Å². The standard InChI is InChI=1S/C14H17N5O/c1-11-16-3-2-12(18-11)9-19-6-7-20-14(10-19)13-8-15-4-5-17-13/h2-5,8,14H,6-7,9-10H2,1H3/t14-/m0/s1. The Morgan fingerprint density at radius 2 is 2.25 bits per heavy atom. The summed E-state index contributed by atoms with van der Waals surface area (Å²) in [5.41, 5.74) is 1.92. The molecule has 2 aromatic heterocycles. The van der Waals surface area contributed by atoms with Gasteiger partial charge in [0, 0.05) is 38.2 Å². The molecule has 2 aromatic rings. The van der Waals surface area contributed by atoms with Crippen LogP contribution in [-0.2, 0) is 11.3 Å². The first-order valence-corrected chi connectivity index (χ1v) is 6.69. The van der Waals surface area contributed by atoms with E-state index in [2.05, 4.69) is 24.8 Å². The smallest absolute Gasteiger partial charge is 0.125 e. The third-order valence-electron chi connectivity index (χ3n) is 3.28. The maximum atomic E-state index is 5.78. The Hall–Kier alpha value is -1.92.